The largest absolute Gasteiger partial charge is 0.379 e. The molecule has 1 N–H and O–H groups in total. The van der Waals surface area contributed by atoms with E-state index in [9.17, 15) is 4.39 Å². The maximum Gasteiger partial charge on any atom is 0.125 e. The van der Waals surface area contributed by atoms with Crippen LogP contribution in [0.4, 0.5) is 10.1 Å². The van der Waals surface area contributed by atoms with Crippen molar-refractivity contribution < 1.29 is 9.13 Å². The third-order valence-corrected chi connectivity index (χ3v) is 3.88. The monoisotopic (exact) mass is 266 g/mol. The number of nitrogens with zero attached hydrogens (tertiary/aromatic N) is 1. The molecule has 0 aromatic heterocycles. The first-order valence-electron chi connectivity index (χ1n) is 6.86. The van der Waals surface area contributed by atoms with Gasteiger partial charge in [0.25, 0.3) is 0 Å². The van der Waals surface area contributed by atoms with Crippen molar-refractivity contribution in [1.82, 2.24) is 5.32 Å². The first-order valence-corrected chi connectivity index (χ1v) is 6.86. The van der Waals surface area contributed by atoms with Gasteiger partial charge in [0.05, 0.1) is 6.10 Å². The molecule has 1 fully saturated rings. The Labute approximate surface area is 114 Å². The molecule has 3 nitrogen and oxygen atoms in total. The van der Waals surface area contributed by atoms with Crippen LogP contribution in [0.1, 0.15) is 18.9 Å². The summed E-state index contributed by atoms with van der Waals surface area (Å²) in [5.41, 5.74) is 1.93. The Kier molecular flexibility index (Phi) is 4.77. The van der Waals surface area contributed by atoms with E-state index in [4.69, 9.17) is 4.74 Å². The standard InChI is InChI=1S/C15H23FN2O/c1-11-4-5-18(10-15(11)19-3)14-7-12(9-17-2)6-13(16)8-14/h6-8,11,15,17H,4-5,9-10H2,1-3H3. The number of piperidine rings is 1. The van der Waals surface area contributed by atoms with Crippen molar-refractivity contribution in [2.45, 2.75) is 26.0 Å². The van der Waals surface area contributed by atoms with E-state index in [1.54, 1.807) is 19.2 Å². The minimum atomic E-state index is -0.171. The van der Waals surface area contributed by atoms with Crippen LogP contribution < -0.4 is 10.2 Å². The van der Waals surface area contributed by atoms with Gasteiger partial charge in [0, 0.05) is 32.4 Å². The summed E-state index contributed by atoms with van der Waals surface area (Å²) in [5.74, 6) is 0.391. The minimum Gasteiger partial charge on any atom is -0.379 e. The molecule has 4 heteroatoms. The van der Waals surface area contributed by atoms with E-state index < -0.39 is 0 Å². The summed E-state index contributed by atoms with van der Waals surface area (Å²) in [5, 5.41) is 3.06. The van der Waals surface area contributed by atoms with Crippen LogP contribution in [0.15, 0.2) is 18.2 Å². The third kappa shape index (κ3) is 3.45. The maximum absolute atomic E-state index is 13.7. The fourth-order valence-electron chi connectivity index (χ4n) is 2.70. The zero-order valence-electron chi connectivity index (χ0n) is 11.9. The van der Waals surface area contributed by atoms with Crippen molar-refractivity contribution >= 4 is 5.69 Å². The maximum atomic E-state index is 13.7. The lowest BCUT2D eigenvalue weighted by Crippen LogP contribution is -2.44. The number of rotatable bonds is 4. The summed E-state index contributed by atoms with van der Waals surface area (Å²) < 4.78 is 19.2. The molecule has 0 saturated carbocycles. The fraction of sp³-hybridized carbons (Fsp3) is 0.600. The van der Waals surface area contributed by atoms with Crippen LogP contribution in [-0.2, 0) is 11.3 Å². The molecular formula is C15H23FN2O. The zero-order valence-corrected chi connectivity index (χ0v) is 11.9. The molecule has 0 aliphatic carbocycles. The number of ether oxygens (including phenoxy) is 1. The highest BCUT2D eigenvalue weighted by Gasteiger charge is 2.26. The Morgan fingerprint density at radius 1 is 1.42 bits per heavy atom. The number of nitrogens with one attached hydrogen (secondary N) is 1. The van der Waals surface area contributed by atoms with Gasteiger partial charge in [-0.2, -0.15) is 0 Å². The van der Waals surface area contributed by atoms with Crippen LogP contribution in [0.2, 0.25) is 0 Å². The fourth-order valence-corrected chi connectivity index (χ4v) is 2.70. The summed E-state index contributed by atoms with van der Waals surface area (Å²) >= 11 is 0. The zero-order chi connectivity index (χ0) is 13.8. The summed E-state index contributed by atoms with van der Waals surface area (Å²) in [6.45, 7) is 4.69. The molecular weight excluding hydrogens is 243 g/mol. The second-order valence-corrected chi connectivity index (χ2v) is 5.33. The highest BCUT2D eigenvalue weighted by Crippen LogP contribution is 2.26. The molecule has 2 unspecified atom stereocenters. The van der Waals surface area contributed by atoms with Gasteiger partial charge in [-0.1, -0.05) is 6.92 Å². The van der Waals surface area contributed by atoms with Crippen molar-refractivity contribution in [1.29, 1.82) is 0 Å². The molecule has 0 bridgehead atoms. The van der Waals surface area contributed by atoms with E-state index in [-0.39, 0.29) is 11.9 Å². The van der Waals surface area contributed by atoms with E-state index in [0.717, 1.165) is 30.8 Å². The van der Waals surface area contributed by atoms with Gasteiger partial charge in [0.1, 0.15) is 5.82 Å². The normalized spacial score (nSPS) is 23.7. The van der Waals surface area contributed by atoms with Gasteiger partial charge < -0.3 is 15.0 Å². The lowest BCUT2D eigenvalue weighted by molar-refractivity contribution is 0.0498. The van der Waals surface area contributed by atoms with Gasteiger partial charge in [-0.05, 0) is 43.1 Å². The number of hydrogen-bond donors (Lipinski definition) is 1. The van der Waals surface area contributed by atoms with E-state index in [1.165, 1.54) is 0 Å². The average Bonchev–Trinajstić information content (AvgIpc) is 2.39. The predicted octanol–water partition coefficient (Wildman–Crippen LogP) is 2.41. The quantitative estimate of drug-likeness (QED) is 0.905. The highest BCUT2D eigenvalue weighted by molar-refractivity contribution is 5.49. The molecule has 1 aliphatic heterocycles. The molecule has 106 valence electrons. The number of benzene rings is 1. The Morgan fingerprint density at radius 2 is 2.21 bits per heavy atom. The molecule has 19 heavy (non-hydrogen) atoms. The Bertz CT molecular complexity index is 425. The Balaban J connectivity index is 2.17. The van der Waals surface area contributed by atoms with Crippen molar-refractivity contribution in [2.75, 3.05) is 32.1 Å². The molecule has 2 atom stereocenters. The van der Waals surface area contributed by atoms with Crippen LogP contribution in [0.3, 0.4) is 0 Å². The van der Waals surface area contributed by atoms with Crippen LogP contribution in [0, 0.1) is 11.7 Å². The SMILES string of the molecule is CNCc1cc(F)cc(N2CCC(C)C(OC)C2)c1. The minimum absolute atomic E-state index is 0.171. The molecule has 1 saturated heterocycles. The molecule has 1 aromatic rings. The van der Waals surface area contributed by atoms with Crippen molar-refractivity contribution in [3.63, 3.8) is 0 Å². The summed E-state index contributed by atoms with van der Waals surface area (Å²) in [4.78, 5) is 2.22. The smallest absolute Gasteiger partial charge is 0.125 e. The topological polar surface area (TPSA) is 24.5 Å². The molecule has 0 spiro atoms. The Morgan fingerprint density at radius 3 is 2.89 bits per heavy atom. The molecule has 2 rings (SSSR count). The van der Waals surface area contributed by atoms with Gasteiger partial charge in [0.2, 0.25) is 0 Å². The number of halogens is 1. The number of anilines is 1. The molecule has 1 heterocycles. The molecule has 1 aromatic carbocycles. The van der Waals surface area contributed by atoms with E-state index in [1.807, 2.05) is 7.05 Å². The predicted molar refractivity (Wildman–Crippen MR) is 76.0 cm³/mol. The number of methoxy groups -OCH3 is 1. The summed E-state index contributed by atoms with van der Waals surface area (Å²) in [6.07, 6.45) is 1.31. The summed E-state index contributed by atoms with van der Waals surface area (Å²) in [7, 11) is 3.62. The van der Waals surface area contributed by atoms with Crippen LogP contribution >= 0.6 is 0 Å². The van der Waals surface area contributed by atoms with Gasteiger partial charge in [0.15, 0.2) is 0 Å². The average molecular weight is 266 g/mol. The van der Waals surface area contributed by atoms with Crippen LogP contribution in [0.5, 0.6) is 0 Å². The second kappa shape index (κ2) is 6.35. The first-order chi connectivity index (χ1) is 9.13. The Hall–Kier alpha value is -1.13. The van der Waals surface area contributed by atoms with Crippen LogP contribution in [-0.4, -0.2) is 33.4 Å². The lowest BCUT2D eigenvalue weighted by atomic mass is 9.95. The van der Waals surface area contributed by atoms with Gasteiger partial charge in [-0.3, -0.25) is 0 Å². The van der Waals surface area contributed by atoms with Gasteiger partial charge in [-0.15, -0.1) is 0 Å². The van der Waals surface area contributed by atoms with Gasteiger partial charge >= 0.3 is 0 Å². The lowest BCUT2D eigenvalue weighted by Gasteiger charge is -2.37. The van der Waals surface area contributed by atoms with E-state index in [2.05, 4.69) is 23.2 Å². The molecule has 0 radical (unpaired) electrons. The molecule has 1 aliphatic rings. The highest BCUT2D eigenvalue weighted by atomic mass is 19.1. The van der Waals surface area contributed by atoms with Crippen molar-refractivity contribution in [2.24, 2.45) is 5.92 Å². The second-order valence-electron chi connectivity index (χ2n) is 5.33. The third-order valence-electron chi connectivity index (χ3n) is 3.88. The van der Waals surface area contributed by atoms with Crippen molar-refractivity contribution in [3.8, 4) is 0 Å². The number of hydrogen-bond acceptors (Lipinski definition) is 3. The van der Waals surface area contributed by atoms with E-state index in [0.29, 0.717) is 12.5 Å². The first kappa shape index (κ1) is 14.3. The molecule has 0 amide bonds. The summed E-state index contributed by atoms with van der Waals surface area (Å²) in [6, 6.07) is 5.25. The van der Waals surface area contributed by atoms with Gasteiger partial charge in [-0.25, -0.2) is 4.39 Å². The van der Waals surface area contributed by atoms with Crippen LogP contribution in [0.25, 0.3) is 0 Å². The van der Waals surface area contributed by atoms with Crippen molar-refractivity contribution in [3.05, 3.63) is 29.6 Å². The van der Waals surface area contributed by atoms with E-state index >= 15 is 0 Å².